The van der Waals surface area contributed by atoms with Crippen molar-refractivity contribution in [2.24, 2.45) is 0 Å². The van der Waals surface area contributed by atoms with Crippen LogP contribution < -0.4 is 0 Å². The first-order valence-electron chi connectivity index (χ1n) is 6.60. The van der Waals surface area contributed by atoms with Gasteiger partial charge in [0.05, 0.1) is 18.3 Å². The minimum atomic E-state index is 0.0271. The number of benzene rings is 1. The highest BCUT2D eigenvalue weighted by Crippen LogP contribution is 2.21. The lowest BCUT2D eigenvalue weighted by atomic mass is 10.0. The summed E-state index contributed by atoms with van der Waals surface area (Å²) in [5, 5.41) is 0. The van der Waals surface area contributed by atoms with Crippen LogP contribution in [0.3, 0.4) is 0 Å². The number of carbonyl (C=O) groups excluding carboxylic acids is 1. The van der Waals surface area contributed by atoms with Crippen molar-refractivity contribution in [2.75, 3.05) is 6.61 Å². The Hall–Kier alpha value is -0.710. The monoisotopic (exact) mass is 326 g/mol. The molecule has 0 N–H and O–H groups in total. The van der Waals surface area contributed by atoms with Gasteiger partial charge < -0.3 is 9.47 Å². The zero-order chi connectivity index (χ0) is 13.8. The second kappa shape index (κ2) is 6.64. The van der Waals surface area contributed by atoms with Gasteiger partial charge >= 0.3 is 0 Å². The number of halogens is 1. The van der Waals surface area contributed by atoms with Crippen molar-refractivity contribution in [3.63, 3.8) is 0 Å². The maximum Gasteiger partial charge on any atom is 0.188 e. The van der Waals surface area contributed by atoms with Crippen LogP contribution in [0.1, 0.15) is 37.0 Å². The zero-order valence-electron chi connectivity index (χ0n) is 11.3. The molecule has 0 bridgehead atoms. The number of ether oxygens (including phenoxy) is 2. The largest absolute Gasteiger partial charge is 0.375 e. The molecule has 0 saturated carbocycles. The third-order valence-corrected chi connectivity index (χ3v) is 3.80. The van der Waals surface area contributed by atoms with Crippen LogP contribution in [0.4, 0.5) is 0 Å². The van der Waals surface area contributed by atoms with Gasteiger partial charge in [-0.25, -0.2) is 0 Å². The fourth-order valence-electron chi connectivity index (χ4n) is 2.39. The van der Waals surface area contributed by atoms with Gasteiger partial charge in [-0.2, -0.15) is 0 Å². The van der Waals surface area contributed by atoms with Crippen LogP contribution in [0, 0.1) is 0 Å². The van der Waals surface area contributed by atoms with E-state index in [1.54, 1.807) is 0 Å². The molecule has 1 aromatic rings. The normalized spacial score (nSPS) is 27.2. The van der Waals surface area contributed by atoms with E-state index in [1.165, 1.54) is 0 Å². The molecular formula is C15H19BrO3. The molecule has 19 heavy (non-hydrogen) atoms. The first-order valence-corrected chi connectivity index (χ1v) is 7.39. The van der Waals surface area contributed by atoms with E-state index in [-0.39, 0.29) is 30.7 Å². The number of hydrogen-bond donors (Lipinski definition) is 0. The topological polar surface area (TPSA) is 35.5 Å². The molecule has 0 spiro atoms. The van der Waals surface area contributed by atoms with Crippen molar-refractivity contribution < 1.29 is 14.3 Å². The summed E-state index contributed by atoms with van der Waals surface area (Å²) in [4.78, 5) is 12.0. The second-order valence-electron chi connectivity index (χ2n) is 5.09. The summed E-state index contributed by atoms with van der Waals surface area (Å²) < 4.78 is 12.3. The smallest absolute Gasteiger partial charge is 0.188 e. The molecule has 0 aromatic heterocycles. The lowest BCUT2D eigenvalue weighted by Gasteiger charge is -2.31. The Labute approximate surface area is 122 Å². The molecule has 2 unspecified atom stereocenters. The number of ketones is 1. The van der Waals surface area contributed by atoms with Gasteiger partial charge in [0, 0.05) is 10.0 Å². The van der Waals surface area contributed by atoms with E-state index in [1.807, 2.05) is 38.1 Å². The van der Waals surface area contributed by atoms with Crippen molar-refractivity contribution in [3.05, 3.63) is 34.3 Å². The average molecular weight is 327 g/mol. The minimum Gasteiger partial charge on any atom is -0.375 e. The number of carbonyl (C=O) groups is 1. The Kier molecular flexibility index (Phi) is 5.13. The van der Waals surface area contributed by atoms with Gasteiger partial charge in [-0.3, -0.25) is 4.79 Å². The molecule has 1 heterocycles. The van der Waals surface area contributed by atoms with E-state index in [9.17, 15) is 4.79 Å². The molecule has 0 amide bonds. The Bertz CT molecular complexity index is 420. The highest BCUT2D eigenvalue weighted by atomic mass is 79.9. The van der Waals surface area contributed by atoms with Crippen LogP contribution in [0.15, 0.2) is 28.7 Å². The van der Waals surface area contributed by atoms with E-state index in [0.29, 0.717) is 5.56 Å². The Morgan fingerprint density at radius 3 is 2.42 bits per heavy atom. The molecule has 1 aliphatic heterocycles. The van der Waals surface area contributed by atoms with Crippen LogP contribution in [0.25, 0.3) is 0 Å². The van der Waals surface area contributed by atoms with Gasteiger partial charge in [-0.15, -0.1) is 0 Å². The first-order chi connectivity index (χ1) is 9.04. The molecule has 1 aliphatic rings. The third-order valence-electron chi connectivity index (χ3n) is 3.27. The summed E-state index contributed by atoms with van der Waals surface area (Å²) in [7, 11) is 0. The summed E-state index contributed by atoms with van der Waals surface area (Å²) in [5.41, 5.74) is 0.691. The summed E-state index contributed by atoms with van der Waals surface area (Å²) in [5.74, 6) is 0.0271. The van der Waals surface area contributed by atoms with Crippen molar-refractivity contribution in [1.29, 1.82) is 0 Å². The lowest BCUT2D eigenvalue weighted by Crippen LogP contribution is -2.35. The molecule has 104 valence electrons. The van der Waals surface area contributed by atoms with E-state index in [0.717, 1.165) is 17.3 Å². The highest BCUT2D eigenvalue weighted by molar-refractivity contribution is 9.10. The van der Waals surface area contributed by atoms with Crippen LogP contribution in [-0.2, 0) is 9.47 Å². The molecule has 2 atom stereocenters. The standard InChI is InChI=1S/C15H19BrO3/c1-10-7-14(8-11(2)19-10)18-9-15(17)12-3-5-13(16)6-4-12/h3-6,10-11,14H,7-9H2,1-2H3. The Balaban J connectivity index is 1.84. The number of hydrogen-bond acceptors (Lipinski definition) is 3. The van der Waals surface area contributed by atoms with Gasteiger partial charge in [0.1, 0.15) is 6.61 Å². The first kappa shape index (κ1) is 14.7. The average Bonchev–Trinajstić information content (AvgIpc) is 2.36. The van der Waals surface area contributed by atoms with E-state index in [2.05, 4.69) is 15.9 Å². The van der Waals surface area contributed by atoms with E-state index < -0.39 is 0 Å². The van der Waals surface area contributed by atoms with Crippen molar-refractivity contribution in [3.8, 4) is 0 Å². The molecule has 1 fully saturated rings. The fraction of sp³-hybridized carbons (Fsp3) is 0.533. The number of Topliss-reactive ketones (excluding diaryl/α,β-unsaturated/α-hetero) is 1. The van der Waals surface area contributed by atoms with Crippen LogP contribution in [0.2, 0.25) is 0 Å². The quantitative estimate of drug-likeness (QED) is 0.793. The predicted octanol–water partition coefficient (Wildman–Crippen LogP) is 3.60. The fourth-order valence-corrected chi connectivity index (χ4v) is 2.66. The molecule has 3 nitrogen and oxygen atoms in total. The number of rotatable bonds is 4. The molecule has 0 aliphatic carbocycles. The molecule has 2 rings (SSSR count). The van der Waals surface area contributed by atoms with Gasteiger partial charge in [-0.1, -0.05) is 28.1 Å². The molecule has 1 aromatic carbocycles. The predicted molar refractivity (Wildman–Crippen MR) is 77.5 cm³/mol. The van der Waals surface area contributed by atoms with Gasteiger partial charge in [0.15, 0.2) is 5.78 Å². The minimum absolute atomic E-state index is 0.0271. The van der Waals surface area contributed by atoms with Crippen molar-refractivity contribution in [2.45, 2.75) is 45.0 Å². The summed E-state index contributed by atoms with van der Waals surface area (Å²) in [6.07, 6.45) is 2.25. The summed E-state index contributed by atoms with van der Waals surface area (Å²) >= 11 is 3.35. The van der Waals surface area contributed by atoms with Gasteiger partial charge in [0.2, 0.25) is 0 Å². The second-order valence-corrected chi connectivity index (χ2v) is 6.01. The summed E-state index contributed by atoms with van der Waals surface area (Å²) in [6, 6.07) is 7.35. The maximum atomic E-state index is 12.0. The zero-order valence-corrected chi connectivity index (χ0v) is 12.9. The molecular weight excluding hydrogens is 308 g/mol. The van der Waals surface area contributed by atoms with E-state index in [4.69, 9.17) is 9.47 Å². The van der Waals surface area contributed by atoms with E-state index >= 15 is 0 Å². The highest BCUT2D eigenvalue weighted by Gasteiger charge is 2.25. The molecule has 4 heteroatoms. The van der Waals surface area contributed by atoms with Gasteiger partial charge in [-0.05, 0) is 38.8 Å². The lowest BCUT2D eigenvalue weighted by molar-refractivity contribution is -0.0975. The van der Waals surface area contributed by atoms with Gasteiger partial charge in [0.25, 0.3) is 0 Å². The SMILES string of the molecule is CC1CC(OCC(=O)c2ccc(Br)cc2)CC(C)O1. The summed E-state index contributed by atoms with van der Waals surface area (Å²) in [6.45, 7) is 4.23. The van der Waals surface area contributed by atoms with Crippen molar-refractivity contribution >= 4 is 21.7 Å². The molecule has 0 radical (unpaired) electrons. The van der Waals surface area contributed by atoms with Crippen LogP contribution in [-0.4, -0.2) is 30.7 Å². The maximum absolute atomic E-state index is 12.0. The van der Waals surface area contributed by atoms with Crippen LogP contribution in [0.5, 0.6) is 0 Å². The van der Waals surface area contributed by atoms with Crippen LogP contribution >= 0.6 is 15.9 Å². The molecule has 1 saturated heterocycles. The third kappa shape index (κ3) is 4.41. The van der Waals surface area contributed by atoms with Crippen molar-refractivity contribution in [1.82, 2.24) is 0 Å². The Morgan fingerprint density at radius 1 is 1.26 bits per heavy atom. The Morgan fingerprint density at radius 2 is 1.84 bits per heavy atom.